The van der Waals surface area contributed by atoms with E-state index >= 15 is 0 Å². The molecule has 22 heavy (non-hydrogen) atoms. The number of benzene rings is 1. The highest BCUT2D eigenvalue weighted by Crippen LogP contribution is 2.17. The van der Waals surface area contributed by atoms with Crippen molar-refractivity contribution in [2.45, 2.75) is 6.42 Å². The molecule has 1 unspecified atom stereocenters. The first-order chi connectivity index (χ1) is 10.5. The molecule has 1 aliphatic rings. The van der Waals surface area contributed by atoms with E-state index in [0.717, 1.165) is 0 Å². The molecule has 7 heteroatoms. The van der Waals surface area contributed by atoms with Crippen molar-refractivity contribution in [1.29, 1.82) is 0 Å². The molecular weight excluding hydrogens is 288 g/mol. The number of hydrogen-bond acceptors (Lipinski definition) is 5. The highest BCUT2D eigenvalue weighted by molar-refractivity contribution is 6.42. The fourth-order valence-electron chi connectivity index (χ4n) is 2.15. The monoisotopic (exact) mass is 306 g/mol. The lowest BCUT2D eigenvalue weighted by atomic mass is 10.1. The number of rotatable bonds is 6. The van der Waals surface area contributed by atoms with Crippen LogP contribution in [-0.4, -0.2) is 54.3 Å². The zero-order chi connectivity index (χ0) is 16.1. The highest BCUT2D eigenvalue weighted by atomic mass is 16.5. The largest absolute Gasteiger partial charge is 0.508 e. The smallest absolute Gasteiger partial charge is 0.290 e. The van der Waals surface area contributed by atoms with Gasteiger partial charge >= 0.3 is 0 Å². The fourth-order valence-corrected chi connectivity index (χ4v) is 2.15. The standard InChI is InChI=1S/C15H18N2O5/c1-17-9-12(13(19)15(17)21)14(20)16-6-3-7-22-11-5-2-4-10(18)8-11/h2,4-5,8,12,18H,3,6-7,9H2,1H3,(H,16,20). The molecule has 118 valence electrons. The van der Waals surface area contributed by atoms with Gasteiger partial charge in [0, 0.05) is 26.2 Å². The molecule has 1 aliphatic heterocycles. The van der Waals surface area contributed by atoms with E-state index in [4.69, 9.17) is 4.74 Å². The molecule has 1 aromatic carbocycles. The van der Waals surface area contributed by atoms with Crippen LogP contribution in [0.5, 0.6) is 11.5 Å². The van der Waals surface area contributed by atoms with E-state index in [2.05, 4.69) is 5.32 Å². The van der Waals surface area contributed by atoms with E-state index in [1.165, 1.54) is 18.0 Å². The Bertz CT molecular complexity index is 587. The van der Waals surface area contributed by atoms with Crippen LogP contribution in [0.15, 0.2) is 24.3 Å². The van der Waals surface area contributed by atoms with Gasteiger partial charge in [-0.1, -0.05) is 6.07 Å². The molecule has 2 rings (SSSR count). The molecule has 2 amide bonds. The number of carbonyl (C=O) groups is 3. The predicted octanol–water partition coefficient (Wildman–Crippen LogP) is -0.0654. The highest BCUT2D eigenvalue weighted by Gasteiger charge is 2.41. The predicted molar refractivity (Wildman–Crippen MR) is 77.4 cm³/mol. The number of phenols is 1. The first-order valence-electron chi connectivity index (χ1n) is 6.98. The van der Waals surface area contributed by atoms with E-state index in [0.29, 0.717) is 25.3 Å². The van der Waals surface area contributed by atoms with Crippen LogP contribution in [0.4, 0.5) is 0 Å². The summed E-state index contributed by atoms with van der Waals surface area (Å²) in [6, 6.07) is 6.43. The minimum absolute atomic E-state index is 0.124. The number of ether oxygens (including phenoxy) is 1. The molecule has 1 fully saturated rings. The van der Waals surface area contributed by atoms with Crippen molar-refractivity contribution in [3.63, 3.8) is 0 Å². The number of aromatic hydroxyl groups is 1. The van der Waals surface area contributed by atoms with E-state index in [1.54, 1.807) is 18.2 Å². The van der Waals surface area contributed by atoms with Gasteiger partial charge in [-0.2, -0.15) is 0 Å². The van der Waals surface area contributed by atoms with Crippen LogP contribution in [0.2, 0.25) is 0 Å². The summed E-state index contributed by atoms with van der Waals surface area (Å²) in [5.41, 5.74) is 0. The van der Waals surface area contributed by atoms with Gasteiger partial charge in [0.1, 0.15) is 17.4 Å². The van der Waals surface area contributed by atoms with E-state index in [1.807, 2.05) is 0 Å². The minimum atomic E-state index is -0.913. The number of likely N-dealkylation sites (N-methyl/N-ethyl adjacent to an activating group) is 1. The summed E-state index contributed by atoms with van der Waals surface area (Å²) < 4.78 is 5.41. The van der Waals surface area contributed by atoms with Gasteiger partial charge in [0.2, 0.25) is 11.7 Å². The van der Waals surface area contributed by atoms with Crippen molar-refractivity contribution in [2.24, 2.45) is 5.92 Å². The van der Waals surface area contributed by atoms with Gasteiger partial charge in [-0.15, -0.1) is 0 Å². The molecule has 0 saturated carbocycles. The average Bonchev–Trinajstić information content (AvgIpc) is 2.74. The molecule has 0 bridgehead atoms. The Hall–Kier alpha value is -2.57. The van der Waals surface area contributed by atoms with Crippen LogP contribution in [-0.2, 0) is 14.4 Å². The van der Waals surface area contributed by atoms with Crippen molar-refractivity contribution < 1.29 is 24.2 Å². The summed E-state index contributed by atoms with van der Waals surface area (Å²) in [7, 11) is 1.50. The summed E-state index contributed by atoms with van der Waals surface area (Å²) in [4.78, 5) is 36.0. The van der Waals surface area contributed by atoms with Crippen LogP contribution in [0, 0.1) is 5.92 Å². The first-order valence-corrected chi connectivity index (χ1v) is 6.98. The molecule has 1 aromatic rings. The van der Waals surface area contributed by atoms with Crippen LogP contribution in [0.25, 0.3) is 0 Å². The molecule has 1 atom stereocenters. The average molecular weight is 306 g/mol. The molecule has 1 heterocycles. The fraction of sp³-hybridized carbons (Fsp3) is 0.400. The van der Waals surface area contributed by atoms with Gasteiger partial charge in [0.25, 0.3) is 5.91 Å². The summed E-state index contributed by atoms with van der Waals surface area (Å²) in [6.07, 6.45) is 0.548. The second kappa shape index (κ2) is 6.93. The normalized spacial score (nSPS) is 17.7. The number of likely N-dealkylation sites (tertiary alicyclic amines) is 1. The number of Topliss-reactive ketones (excluding diaryl/α,β-unsaturated/α-hetero) is 1. The molecule has 0 spiro atoms. The number of hydrogen-bond donors (Lipinski definition) is 2. The molecule has 0 aliphatic carbocycles. The maximum Gasteiger partial charge on any atom is 0.290 e. The van der Waals surface area contributed by atoms with E-state index in [9.17, 15) is 19.5 Å². The first kappa shape index (κ1) is 15.8. The lowest BCUT2D eigenvalue weighted by Crippen LogP contribution is -2.36. The Labute approximate surface area is 127 Å². The molecule has 7 nitrogen and oxygen atoms in total. The second-order valence-electron chi connectivity index (χ2n) is 5.09. The summed E-state index contributed by atoms with van der Waals surface area (Å²) in [5.74, 6) is -1.95. The van der Waals surface area contributed by atoms with E-state index in [-0.39, 0.29) is 12.3 Å². The third-order valence-corrected chi connectivity index (χ3v) is 3.35. The van der Waals surface area contributed by atoms with Gasteiger partial charge in [-0.05, 0) is 18.6 Å². The lowest BCUT2D eigenvalue weighted by Gasteiger charge is -2.10. The van der Waals surface area contributed by atoms with Crippen LogP contribution in [0.3, 0.4) is 0 Å². The summed E-state index contributed by atoms with van der Waals surface area (Å²) in [5, 5.41) is 11.9. The molecule has 1 saturated heterocycles. The van der Waals surface area contributed by atoms with Crippen LogP contribution < -0.4 is 10.1 Å². The van der Waals surface area contributed by atoms with Crippen LogP contribution in [0.1, 0.15) is 6.42 Å². The topological polar surface area (TPSA) is 95.9 Å². The van der Waals surface area contributed by atoms with E-state index < -0.39 is 23.5 Å². The maximum absolute atomic E-state index is 11.8. The van der Waals surface area contributed by atoms with Crippen molar-refractivity contribution in [3.05, 3.63) is 24.3 Å². The van der Waals surface area contributed by atoms with Crippen molar-refractivity contribution in [2.75, 3.05) is 26.7 Å². The van der Waals surface area contributed by atoms with Gasteiger partial charge < -0.3 is 20.1 Å². The Morgan fingerprint density at radius 1 is 1.45 bits per heavy atom. The molecule has 0 aromatic heterocycles. The summed E-state index contributed by atoms with van der Waals surface area (Å²) >= 11 is 0. The van der Waals surface area contributed by atoms with Crippen molar-refractivity contribution in [1.82, 2.24) is 10.2 Å². The second-order valence-corrected chi connectivity index (χ2v) is 5.09. The Morgan fingerprint density at radius 3 is 2.86 bits per heavy atom. The van der Waals surface area contributed by atoms with Crippen molar-refractivity contribution in [3.8, 4) is 11.5 Å². The van der Waals surface area contributed by atoms with Gasteiger partial charge in [-0.3, -0.25) is 14.4 Å². The summed E-state index contributed by atoms with van der Waals surface area (Å²) in [6.45, 7) is 0.837. The van der Waals surface area contributed by atoms with Gasteiger partial charge in [-0.25, -0.2) is 0 Å². The number of nitrogens with one attached hydrogen (secondary N) is 1. The van der Waals surface area contributed by atoms with Crippen molar-refractivity contribution >= 4 is 17.6 Å². The third-order valence-electron chi connectivity index (χ3n) is 3.35. The maximum atomic E-state index is 11.8. The number of carbonyl (C=O) groups excluding carboxylic acids is 3. The zero-order valence-electron chi connectivity index (χ0n) is 12.2. The number of ketones is 1. The zero-order valence-corrected chi connectivity index (χ0v) is 12.2. The quantitative estimate of drug-likeness (QED) is 0.436. The molecule has 2 N–H and O–H groups in total. The van der Waals surface area contributed by atoms with Gasteiger partial charge in [0.15, 0.2) is 0 Å². The number of nitrogens with zero attached hydrogens (tertiary/aromatic N) is 1. The van der Waals surface area contributed by atoms with Crippen LogP contribution >= 0.6 is 0 Å². The molecule has 0 radical (unpaired) electrons. The Kier molecular flexibility index (Phi) is 4.98. The molecular formula is C15H18N2O5. The number of phenolic OH excluding ortho intramolecular Hbond substituents is 1. The minimum Gasteiger partial charge on any atom is -0.508 e. The van der Waals surface area contributed by atoms with Gasteiger partial charge in [0.05, 0.1) is 6.61 Å². The SMILES string of the molecule is CN1CC(C(=O)NCCCOc2cccc(O)c2)C(=O)C1=O. The Morgan fingerprint density at radius 2 is 2.23 bits per heavy atom. The number of amides is 2. The Balaban J connectivity index is 1.68. The third kappa shape index (κ3) is 3.75. The lowest BCUT2D eigenvalue weighted by molar-refractivity contribution is -0.142.